The highest BCUT2D eigenvalue weighted by molar-refractivity contribution is 5.89. The standard InChI is InChI=1S/C16H23NO2/c1-9(2)7-14-12(10(3)4)8-13(16(18)19)15(17-14)11-5-6-11/h8-11H,5-7H2,1-4H3,(H,18,19). The van der Waals surface area contributed by atoms with Crippen molar-refractivity contribution in [2.24, 2.45) is 5.92 Å². The predicted octanol–water partition coefficient (Wildman–Crippen LogP) is 3.98. The monoisotopic (exact) mass is 261 g/mol. The van der Waals surface area contributed by atoms with E-state index in [4.69, 9.17) is 4.98 Å². The highest BCUT2D eigenvalue weighted by Gasteiger charge is 2.31. The van der Waals surface area contributed by atoms with Crippen LogP contribution in [0.4, 0.5) is 0 Å². The summed E-state index contributed by atoms with van der Waals surface area (Å²) in [4.78, 5) is 16.2. The topological polar surface area (TPSA) is 50.2 Å². The third kappa shape index (κ3) is 3.14. The maximum absolute atomic E-state index is 11.4. The van der Waals surface area contributed by atoms with Crippen LogP contribution in [0.5, 0.6) is 0 Å². The summed E-state index contributed by atoms with van der Waals surface area (Å²) >= 11 is 0. The minimum atomic E-state index is -0.840. The molecule has 1 aromatic rings. The van der Waals surface area contributed by atoms with E-state index in [2.05, 4.69) is 27.7 Å². The number of carboxylic acids is 1. The number of pyridine rings is 1. The molecule has 3 nitrogen and oxygen atoms in total. The number of hydrogen-bond donors (Lipinski definition) is 1. The lowest BCUT2D eigenvalue weighted by Gasteiger charge is -2.17. The third-order valence-electron chi connectivity index (χ3n) is 3.58. The molecular formula is C16H23NO2. The molecule has 3 heteroatoms. The number of rotatable bonds is 5. The Morgan fingerprint density at radius 2 is 2.00 bits per heavy atom. The Morgan fingerprint density at radius 1 is 1.37 bits per heavy atom. The van der Waals surface area contributed by atoms with Gasteiger partial charge >= 0.3 is 5.97 Å². The largest absolute Gasteiger partial charge is 0.478 e. The Balaban J connectivity index is 2.52. The van der Waals surface area contributed by atoms with Gasteiger partial charge in [0.25, 0.3) is 0 Å². The summed E-state index contributed by atoms with van der Waals surface area (Å²) in [6, 6.07) is 1.87. The van der Waals surface area contributed by atoms with Crippen LogP contribution in [-0.4, -0.2) is 16.1 Å². The maximum Gasteiger partial charge on any atom is 0.337 e. The molecule has 0 amide bonds. The summed E-state index contributed by atoms with van der Waals surface area (Å²) in [7, 11) is 0. The second-order valence-electron chi connectivity index (χ2n) is 6.29. The van der Waals surface area contributed by atoms with Crippen LogP contribution >= 0.6 is 0 Å². The predicted molar refractivity (Wildman–Crippen MR) is 75.8 cm³/mol. The van der Waals surface area contributed by atoms with Crippen LogP contribution in [0.3, 0.4) is 0 Å². The van der Waals surface area contributed by atoms with Crippen LogP contribution in [0.1, 0.15) is 79.7 Å². The summed E-state index contributed by atoms with van der Waals surface area (Å²) in [5, 5.41) is 9.38. The Bertz CT molecular complexity index is 488. The fourth-order valence-corrected chi connectivity index (χ4v) is 2.47. The van der Waals surface area contributed by atoms with Gasteiger partial charge < -0.3 is 5.11 Å². The molecule has 1 heterocycles. The number of aromatic carboxylic acids is 1. The van der Waals surface area contributed by atoms with Crippen molar-refractivity contribution in [3.05, 3.63) is 28.6 Å². The molecule has 104 valence electrons. The van der Waals surface area contributed by atoms with Gasteiger partial charge in [0.1, 0.15) is 0 Å². The molecule has 1 fully saturated rings. The minimum Gasteiger partial charge on any atom is -0.478 e. The molecule has 2 rings (SSSR count). The first-order valence-corrected chi connectivity index (χ1v) is 7.17. The van der Waals surface area contributed by atoms with Crippen molar-refractivity contribution in [2.75, 3.05) is 0 Å². The van der Waals surface area contributed by atoms with Crippen molar-refractivity contribution in [3.8, 4) is 0 Å². The minimum absolute atomic E-state index is 0.313. The molecule has 1 saturated carbocycles. The van der Waals surface area contributed by atoms with Crippen LogP contribution < -0.4 is 0 Å². The highest BCUT2D eigenvalue weighted by atomic mass is 16.4. The van der Waals surface area contributed by atoms with Crippen LogP contribution in [-0.2, 0) is 6.42 Å². The number of carbonyl (C=O) groups is 1. The third-order valence-corrected chi connectivity index (χ3v) is 3.58. The summed E-state index contributed by atoms with van der Waals surface area (Å²) in [6.07, 6.45) is 3.08. The van der Waals surface area contributed by atoms with Gasteiger partial charge in [-0.1, -0.05) is 27.7 Å². The van der Waals surface area contributed by atoms with E-state index in [1.165, 1.54) is 0 Å². The van der Waals surface area contributed by atoms with Gasteiger partial charge in [0, 0.05) is 11.6 Å². The smallest absolute Gasteiger partial charge is 0.337 e. The second kappa shape index (κ2) is 5.32. The van der Waals surface area contributed by atoms with Gasteiger partial charge in [-0.05, 0) is 42.7 Å². The zero-order chi connectivity index (χ0) is 14.2. The SMILES string of the molecule is CC(C)Cc1nc(C2CC2)c(C(=O)O)cc1C(C)C. The van der Waals surface area contributed by atoms with E-state index in [0.29, 0.717) is 23.3 Å². The first-order valence-electron chi connectivity index (χ1n) is 7.17. The molecule has 0 spiro atoms. The van der Waals surface area contributed by atoms with Gasteiger partial charge in [-0.25, -0.2) is 4.79 Å². The van der Waals surface area contributed by atoms with Crippen molar-refractivity contribution in [2.45, 2.75) is 58.8 Å². The van der Waals surface area contributed by atoms with Crippen LogP contribution in [0, 0.1) is 5.92 Å². The Hall–Kier alpha value is -1.38. The van der Waals surface area contributed by atoms with E-state index in [-0.39, 0.29) is 0 Å². The molecule has 19 heavy (non-hydrogen) atoms. The molecule has 1 aliphatic carbocycles. The number of carboxylic acid groups (broad SMARTS) is 1. The molecule has 0 saturated heterocycles. The zero-order valence-corrected chi connectivity index (χ0v) is 12.2. The second-order valence-corrected chi connectivity index (χ2v) is 6.29. The first-order chi connectivity index (χ1) is 8.90. The Labute approximate surface area is 115 Å². The Morgan fingerprint density at radius 3 is 2.42 bits per heavy atom. The van der Waals surface area contributed by atoms with Gasteiger partial charge in [0.15, 0.2) is 0 Å². The molecule has 0 bridgehead atoms. The number of aromatic nitrogens is 1. The molecule has 0 unspecified atom stereocenters. The van der Waals surface area contributed by atoms with E-state index in [1.54, 1.807) is 0 Å². The normalized spacial score (nSPS) is 15.3. The van der Waals surface area contributed by atoms with Crippen molar-refractivity contribution in [1.82, 2.24) is 4.98 Å². The highest BCUT2D eigenvalue weighted by Crippen LogP contribution is 2.41. The number of hydrogen-bond acceptors (Lipinski definition) is 2. The zero-order valence-electron chi connectivity index (χ0n) is 12.2. The molecule has 1 N–H and O–H groups in total. The summed E-state index contributed by atoms with van der Waals surface area (Å²) in [6.45, 7) is 8.55. The van der Waals surface area contributed by atoms with Crippen molar-refractivity contribution < 1.29 is 9.90 Å². The van der Waals surface area contributed by atoms with E-state index in [0.717, 1.165) is 36.2 Å². The van der Waals surface area contributed by atoms with E-state index >= 15 is 0 Å². The summed E-state index contributed by atoms with van der Waals surface area (Å²) in [5.74, 6) is 0.381. The fourth-order valence-electron chi connectivity index (χ4n) is 2.47. The van der Waals surface area contributed by atoms with Crippen molar-refractivity contribution >= 4 is 5.97 Å². The fraction of sp³-hybridized carbons (Fsp3) is 0.625. The van der Waals surface area contributed by atoms with Gasteiger partial charge in [0.2, 0.25) is 0 Å². The lowest BCUT2D eigenvalue weighted by atomic mass is 9.93. The van der Waals surface area contributed by atoms with Crippen LogP contribution in [0.25, 0.3) is 0 Å². The van der Waals surface area contributed by atoms with Gasteiger partial charge in [-0.3, -0.25) is 4.98 Å². The van der Waals surface area contributed by atoms with Crippen LogP contribution in [0.2, 0.25) is 0 Å². The lowest BCUT2D eigenvalue weighted by molar-refractivity contribution is 0.0695. The average molecular weight is 261 g/mol. The van der Waals surface area contributed by atoms with Gasteiger partial charge in [-0.2, -0.15) is 0 Å². The molecule has 1 aromatic heterocycles. The van der Waals surface area contributed by atoms with Gasteiger partial charge in [-0.15, -0.1) is 0 Å². The van der Waals surface area contributed by atoms with Crippen molar-refractivity contribution in [3.63, 3.8) is 0 Å². The lowest BCUT2D eigenvalue weighted by Crippen LogP contribution is -2.12. The number of nitrogens with zero attached hydrogens (tertiary/aromatic N) is 1. The molecule has 0 radical (unpaired) electrons. The summed E-state index contributed by atoms with van der Waals surface area (Å²) < 4.78 is 0. The molecule has 0 atom stereocenters. The van der Waals surface area contributed by atoms with E-state index < -0.39 is 5.97 Å². The quantitative estimate of drug-likeness (QED) is 0.872. The molecular weight excluding hydrogens is 238 g/mol. The van der Waals surface area contributed by atoms with E-state index in [1.807, 2.05) is 6.07 Å². The van der Waals surface area contributed by atoms with Crippen molar-refractivity contribution in [1.29, 1.82) is 0 Å². The maximum atomic E-state index is 11.4. The van der Waals surface area contributed by atoms with E-state index in [9.17, 15) is 9.90 Å². The molecule has 0 aliphatic heterocycles. The van der Waals surface area contributed by atoms with Crippen LogP contribution in [0.15, 0.2) is 6.07 Å². The van der Waals surface area contributed by atoms with Gasteiger partial charge in [0.05, 0.1) is 11.3 Å². The molecule has 0 aromatic carbocycles. The molecule has 1 aliphatic rings. The summed E-state index contributed by atoms with van der Waals surface area (Å²) in [5.41, 5.74) is 3.42. The first kappa shape index (κ1) is 14.0. The Kier molecular flexibility index (Phi) is 3.93. The average Bonchev–Trinajstić information content (AvgIpc) is 3.10.